The first kappa shape index (κ1) is 15.1. The third-order valence-corrected chi connectivity index (χ3v) is 3.53. The molecule has 2 aliphatic heterocycles. The van der Waals surface area contributed by atoms with Gasteiger partial charge in [0.05, 0.1) is 23.3 Å². The third-order valence-electron chi connectivity index (χ3n) is 3.12. The van der Waals surface area contributed by atoms with Gasteiger partial charge in [-0.2, -0.15) is 0 Å². The van der Waals surface area contributed by atoms with E-state index in [0.29, 0.717) is 32.1 Å². The van der Waals surface area contributed by atoms with Crippen LogP contribution in [0.2, 0.25) is 0 Å². The average molecular weight is 369 g/mol. The molecule has 1 fully saturated rings. The SMILES string of the molecule is CC1(C)OC=C(CCON=C2CN(c3ncc(Br)cn3)C2)O1. The molecule has 0 aromatic carbocycles. The van der Waals surface area contributed by atoms with E-state index in [9.17, 15) is 0 Å². The van der Waals surface area contributed by atoms with Crippen LogP contribution in [0.5, 0.6) is 0 Å². The van der Waals surface area contributed by atoms with Gasteiger partial charge in [0.15, 0.2) is 0 Å². The Morgan fingerprint density at radius 3 is 2.73 bits per heavy atom. The van der Waals surface area contributed by atoms with E-state index in [-0.39, 0.29) is 0 Å². The molecule has 118 valence electrons. The molecule has 0 aliphatic carbocycles. The number of anilines is 1. The molecule has 2 aliphatic rings. The predicted molar refractivity (Wildman–Crippen MR) is 84.3 cm³/mol. The molecule has 1 saturated heterocycles. The lowest BCUT2D eigenvalue weighted by atomic mass is 10.2. The molecule has 3 rings (SSSR count). The first-order valence-electron chi connectivity index (χ1n) is 6.98. The molecule has 7 nitrogen and oxygen atoms in total. The maximum absolute atomic E-state index is 5.56. The summed E-state index contributed by atoms with van der Waals surface area (Å²) in [7, 11) is 0. The molecule has 22 heavy (non-hydrogen) atoms. The maximum Gasteiger partial charge on any atom is 0.244 e. The Kier molecular flexibility index (Phi) is 4.19. The van der Waals surface area contributed by atoms with Crippen molar-refractivity contribution in [2.24, 2.45) is 5.16 Å². The molecule has 0 amide bonds. The van der Waals surface area contributed by atoms with Crippen LogP contribution in [0, 0.1) is 0 Å². The molecule has 0 spiro atoms. The van der Waals surface area contributed by atoms with E-state index in [2.05, 4.69) is 31.1 Å². The number of nitrogens with zero attached hydrogens (tertiary/aromatic N) is 4. The Hall–Kier alpha value is -1.83. The molecule has 0 atom stereocenters. The zero-order valence-electron chi connectivity index (χ0n) is 12.5. The van der Waals surface area contributed by atoms with Gasteiger partial charge in [-0.1, -0.05) is 5.16 Å². The van der Waals surface area contributed by atoms with Gasteiger partial charge in [-0.25, -0.2) is 9.97 Å². The van der Waals surface area contributed by atoms with Gasteiger partial charge in [0.2, 0.25) is 11.7 Å². The second kappa shape index (κ2) is 6.12. The molecular formula is C14H17BrN4O3. The van der Waals surface area contributed by atoms with Crippen LogP contribution in [-0.2, 0) is 14.3 Å². The van der Waals surface area contributed by atoms with Gasteiger partial charge in [-0.05, 0) is 15.9 Å². The lowest BCUT2D eigenvalue weighted by Gasteiger charge is -2.31. The van der Waals surface area contributed by atoms with E-state index in [0.717, 1.165) is 15.9 Å². The Labute approximate surface area is 137 Å². The first-order chi connectivity index (χ1) is 10.5. The number of halogens is 1. The number of hydrogen-bond donors (Lipinski definition) is 0. The molecule has 0 unspecified atom stereocenters. The fourth-order valence-electron chi connectivity index (χ4n) is 2.03. The second-order valence-corrected chi connectivity index (χ2v) is 6.42. The minimum absolute atomic E-state index is 0.462. The third kappa shape index (κ3) is 3.68. The van der Waals surface area contributed by atoms with E-state index in [1.165, 1.54) is 0 Å². The van der Waals surface area contributed by atoms with Gasteiger partial charge in [0, 0.05) is 32.7 Å². The van der Waals surface area contributed by atoms with Crippen LogP contribution in [0.1, 0.15) is 20.3 Å². The van der Waals surface area contributed by atoms with Crippen molar-refractivity contribution in [1.82, 2.24) is 9.97 Å². The van der Waals surface area contributed by atoms with Gasteiger partial charge >= 0.3 is 0 Å². The van der Waals surface area contributed by atoms with E-state index < -0.39 is 5.79 Å². The summed E-state index contributed by atoms with van der Waals surface area (Å²) in [6.07, 6.45) is 5.73. The highest BCUT2D eigenvalue weighted by molar-refractivity contribution is 9.10. The minimum Gasteiger partial charge on any atom is -0.457 e. The fourth-order valence-corrected chi connectivity index (χ4v) is 2.23. The fraction of sp³-hybridized carbons (Fsp3) is 0.500. The average Bonchev–Trinajstić information content (AvgIpc) is 2.77. The van der Waals surface area contributed by atoms with Crippen molar-refractivity contribution < 1.29 is 14.3 Å². The molecule has 0 N–H and O–H groups in total. The number of aromatic nitrogens is 2. The summed E-state index contributed by atoms with van der Waals surface area (Å²) in [6, 6.07) is 0. The molecule has 8 heteroatoms. The van der Waals surface area contributed by atoms with Crippen molar-refractivity contribution in [1.29, 1.82) is 0 Å². The monoisotopic (exact) mass is 368 g/mol. The summed E-state index contributed by atoms with van der Waals surface area (Å²) in [5.74, 6) is 0.912. The summed E-state index contributed by atoms with van der Waals surface area (Å²) in [4.78, 5) is 15.8. The smallest absolute Gasteiger partial charge is 0.244 e. The quantitative estimate of drug-likeness (QED) is 0.587. The van der Waals surface area contributed by atoms with Gasteiger partial charge < -0.3 is 19.2 Å². The molecule has 0 radical (unpaired) electrons. The van der Waals surface area contributed by atoms with Gasteiger partial charge in [-0.15, -0.1) is 0 Å². The van der Waals surface area contributed by atoms with Crippen LogP contribution in [-0.4, -0.2) is 41.2 Å². The summed E-state index contributed by atoms with van der Waals surface area (Å²) < 4.78 is 11.8. The number of hydrogen-bond acceptors (Lipinski definition) is 7. The lowest BCUT2D eigenvalue weighted by molar-refractivity contribution is -0.118. The largest absolute Gasteiger partial charge is 0.457 e. The van der Waals surface area contributed by atoms with E-state index in [1.54, 1.807) is 18.7 Å². The number of oxime groups is 1. The summed E-state index contributed by atoms with van der Waals surface area (Å²) in [5.41, 5.74) is 0.976. The Bertz CT molecular complexity index is 593. The molecule has 3 heterocycles. The van der Waals surface area contributed by atoms with Crippen molar-refractivity contribution in [2.75, 3.05) is 24.6 Å². The van der Waals surface area contributed by atoms with Crippen molar-refractivity contribution >= 4 is 27.6 Å². The summed E-state index contributed by atoms with van der Waals surface area (Å²) in [6.45, 7) is 5.58. The van der Waals surface area contributed by atoms with Crippen LogP contribution in [0.15, 0.2) is 34.0 Å². The highest BCUT2D eigenvalue weighted by Gasteiger charge is 2.27. The molecule has 0 bridgehead atoms. The Morgan fingerprint density at radius 2 is 2.09 bits per heavy atom. The zero-order chi connectivity index (χ0) is 15.6. The van der Waals surface area contributed by atoms with Crippen molar-refractivity contribution in [2.45, 2.75) is 26.1 Å². The lowest BCUT2D eigenvalue weighted by Crippen LogP contribution is -2.48. The zero-order valence-corrected chi connectivity index (χ0v) is 14.0. The van der Waals surface area contributed by atoms with Crippen LogP contribution in [0.4, 0.5) is 5.95 Å². The van der Waals surface area contributed by atoms with E-state index in [1.807, 2.05) is 18.7 Å². The summed E-state index contributed by atoms with van der Waals surface area (Å²) in [5, 5.41) is 4.11. The van der Waals surface area contributed by atoms with Crippen molar-refractivity contribution in [3.63, 3.8) is 0 Å². The topological polar surface area (TPSA) is 69.1 Å². The first-order valence-corrected chi connectivity index (χ1v) is 7.77. The van der Waals surface area contributed by atoms with E-state index >= 15 is 0 Å². The highest BCUT2D eigenvalue weighted by atomic mass is 79.9. The Balaban J connectivity index is 1.37. The van der Waals surface area contributed by atoms with Crippen molar-refractivity contribution in [3.05, 3.63) is 28.9 Å². The predicted octanol–water partition coefficient (Wildman–Crippen LogP) is 2.45. The minimum atomic E-state index is -0.569. The van der Waals surface area contributed by atoms with E-state index in [4.69, 9.17) is 14.3 Å². The number of ether oxygens (including phenoxy) is 2. The normalized spacial score (nSPS) is 19.0. The Morgan fingerprint density at radius 1 is 1.36 bits per heavy atom. The standard InChI is InChI=1S/C14H17BrN4O3/c1-14(2)20-9-12(22-14)3-4-21-18-11-7-19(8-11)13-16-5-10(15)6-17-13/h5-6,9H,3-4,7-8H2,1-2H3. The molecule has 0 saturated carbocycles. The van der Waals surface area contributed by atoms with Crippen molar-refractivity contribution in [3.8, 4) is 0 Å². The summed E-state index contributed by atoms with van der Waals surface area (Å²) >= 11 is 3.31. The molecular weight excluding hydrogens is 352 g/mol. The van der Waals surface area contributed by atoms with Gasteiger partial charge in [0.1, 0.15) is 18.6 Å². The molecule has 1 aromatic rings. The second-order valence-electron chi connectivity index (χ2n) is 5.50. The van der Waals surface area contributed by atoms with Crippen LogP contribution in [0.3, 0.4) is 0 Å². The molecule has 1 aromatic heterocycles. The number of rotatable bonds is 5. The van der Waals surface area contributed by atoms with Crippen LogP contribution in [0.25, 0.3) is 0 Å². The highest BCUT2D eigenvalue weighted by Crippen LogP contribution is 2.26. The maximum atomic E-state index is 5.56. The van der Waals surface area contributed by atoms with Gasteiger partial charge in [-0.3, -0.25) is 0 Å². The van der Waals surface area contributed by atoms with Crippen LogP contribution < -0.4 is 4.90 Å². The van der Waals surface area contributed by atoms with Crippen LogP contribution >= 0.6 is 15.9 Å². The van der Waals surface area contributed by atoms with Gasteiger partial charge in [0.25, 0.3) is 0 Å².